The average molecular weight is 104 g/mol. The van der Waals surface area contributed by atoms with Gasteiger partial charge in [0.1, 0.15) is 0 Å². The van der Waals surface area contributed by atoms with Crippen molar-refractivity contribution in [3.05, 3.63) is 36.5 Å². The predicted molar refractivity (Wildman–Crippen MR) is 33.8 cm³/mol. The van der Waals surface area contributed by atoms with Crippen molar-refractivity contribution in [1.82, 2.24) is 0 Å². The summed E-state index contributed by atoms with van der Waals surface area (Å²) < 4.78 is 0. The molecule has 0 bridgehead atoms. The van der Waals surface area contributed by atoms with Crippen LogP contribution in [0.4, 0.5) is 0 Å². The van der Waals surface area contributed by atoms with E-state index in [9.17, 15) is 0 Å². The van der Waals surface area contributed by atoms with Crippen LogP contribution in [0.5, 0.6) is 0 Å². The van der Waals surface area contributed by atoms with Crippen molar-refractivity contribution in [2.24, 2.45) is 0 Å². The molecule has 0 amide bonds. The Hall–Kier alpha value is -1.20. The minimum atomic E-state index is 0.396. The summed E-state index contributed by atoms with van der Waals surface area (Å²) in [4.78, 5) is 0. The number of hydrogen-bond donors (Lipinski definition) is 1. The van der Waals surface area contributed by atoms with Crippen molar-refractivity contribution >= 4 is 5.71 Å². The smallest absolute Gasteiger partial charge is 0.206 e. The van der Waals surface area contributed by atoms with Crippen molar-refractivity contribution in [3.8, 4) is 0 Å². The molecule has 0 saturated carbocycles. The fraction of sp³-hybridized carbons (Fsp3) is 0. The quantitative estimate of drug-likeness (QED) is 0.450. The monoisotopic (exact) mass is 104 g/mol. The van der Waals surface area contributed by atoms with Gasteiger partial charge in [-0.05, 0) is 12.2 Å². The van der Waals surface area contributed by atoms with E-state index in [0.717, 1.165) is 0 Å². The van der Waals surface area contributed by atoms with Crippen LogP contribution in [0.1, 0.15) is 0 Å². The van der Waals surface area contributed by atoms with Gasteiger partial charge in [-0.1, -0.05) is 0 Å². The van der Waals surface area contributed by atoms with E-state index in [-0.39, 0.29) is 0 Å². The highest BCUT2D eigenvalue weighted by molar-refractivity contribution is 6.08. The van der Waals surface area contributed by atoms with Crippen LogP contribution in [0.25, 0.3) is 0 Å². The van der Waals surface area contributed by atoms with Crippen molar-refractivity contribution < 1.29 is 0 Å². The molecule has 0 heterocycles. The van der Waals surface area contributed by atoms with Crippen molar-refractivity contribution in [3.63, 3.8) is 0 Å². The Morgan fingerprint density at radius 2 is 1.88 bits per heavy atom. The Bertz CT molecular complexity index is 163. The molecule has 1 aliphatic carbocycles. The predicted octanol–water partition coefficient (Wildman–Crippen LogP) is 1.49. The molecule has 0 radical (unpaired) electrons. The maximum atomic E-state index is 7.09. The Kier molecular flexibility index (Phi) is 1.07. The number of nitrogens with one attached hydrogen (secondary N) is 1. The van der Waals surface area contributed by atoms with E-state index in [1.807, 2.05) is 6.08 Å². The van der Waals surface area contributed by atoms with E-state index in [1.54, 1.807) is 18.2 Å². The molecule has 1 aliphatic rings. The van der Waals surface area contributed by atoms with Crippen molar-refractivity contribution in [1.29, 1.82) is 5.41 Å². The summed E-state index contributed by atoms with van der Waals surface area (Å²) in [6, 6.07) is 0. The van der Waals surface area contributed by atoms with Crippen LogP contribution in [-0.4, -0.2) is 5.71 Å². The van der Waals surface area contributed by atoms with Crippen molar-refractivity contribution in [2.75, 3.05) is 0 Å². The fourth-order valence-electron chi connectivity index (χ4n) is 0.497. The fourth-order valence-corrected chi connectivity index (χ4v) is 0.497. The molecule has 0 aromatic carbocycles. The summed E-state index contributed by atoms with van der Waals surface area (Å²) in [5.74, 6) is 0. The van der Waals surface area contributed by atoms with E-state index < -0.39 is 0 Å². The highest BCUT2D eigenvalue weighted by Gasteiger charge is 2.07. The molecule has 1 heteroatoms. The van der Waals surface area contributed by atoms with Gasteiger partial charge in [-0.25, -0.2) is 5.41 Å². The molecule has 0 spiro atoms. The van der Waals surface area contributed by atoms with Crippen LogP contribution in [0.2, 0.25) is 0 Å². The minimum absolute atomic E-state index is 0.396. The van der Waals surface area contributed by atoms with Crippen LogP contribution < -0.4 is 0 Å². The van der Waals surface area contributed by atoms with Gasteiger partial charge in [0.2, 0.25) is 5.57 Å². The Morgan fingerprint density at radius 3 is 2.25 bits per heavy atom. The molecule has 8 heavy (non-hydrogen) atoms. The SMILES string of the molecule is [CH+]=C1C=CC=CC1=N. The van der Waals surface area contributed by atoms with E-state index in [4.69, 9.17) is 12.0 Å². The summed E-state index contributed by atoms with van der Waals surface area (Å²) in [6.07, 6.45) is 6.98. The first-order valence-electron chi connectivity index (χ1n) is 2.37. The maximum Gasteiger partial charge on any atom is 0.206 e. The third kappa shape index (κ3) is 0.722. The number of rotatable bonds is 0. The Morgan fingerprint density at radius 1 is 1.25 bits per heavy atom. The lowest BCUT2D eigenvalue weighted by Gasteiger charge is -1.86. The van der Waals surface area contributed by atoms with E-state index >= 15 is 0 Å². The highest BCUT2D eigenvalue weighted by atomic mass is 14.4. The van der Waals surface area contributed by atoms with E-state index in [2.05, 4.69) is 0 Å². The number of hydrogen-bond acceptors (Lipinski definition) is 1. The van der Waals surface area contributed by atoms with E-state index in [0.29, 0.717) is 11.3 Å². The molecule has 0 unspecified atom stereocenters. The molecule has 1 N–H and O–H groups in total. The summed E-state index contributed by atoms with van der Waals surface area (Å²) in [5.41, 5.74) is 0.931. The molecule has 0 fully saturated rings. The van der Waals surface area contributed by atoms with Gasteiger partial charge in [-0.2, -0.15) is 0 Å². The third-order valence-corrected chi connectivity index (χ3v) is 0.961. The van der Waals surface area contributed by atoms with Crippen LogP contribution in [0, 0.1) is 12.0 Å². The topological polar surface area (TPSA) is 23.9 Å². The van der Waals surface area contributed by atoms with Gasteiger partial charge in [0.15, 0.2) is 5.71 Å². The highest BCUT2D eigenvalue weighted by Crippen LogP contribution is 2.01. The van der Waals surface area contributed by atoms with E-state index in [1.165, 1.54) is 0 Å². The molecule has 0 saturated heterocycles. The molecule has 38 valence electrons. The number of allylic oxidation sites excluding steroid dienone is 5. The lowest BCUT2D eigenvalue weighted by atomic mass is 10.1. The first-order valence-corrected chi connectivity index (χ1v) is 2.37. The van der Waals surface area contributed by atoms with Gasteiger partial charge >= 0.3 is 0 Å². The molecule has 0 atom stereocenters. The van der Waals surface area contributed by atoms with Gasteiger partial charge in [-0.3, -0.25) is 0 Å². The first-order chi connectivity index (χ1) is 3.80. The summed E-state index contributed by atoms with van der Waals surface area (Å²) >= 11 is 0. The minimum Gasteiger partial charge on any atom is -0.233 e. The normalized spacial score (nSPS) is 17.4. The molecule has 0 aliphatic heterocycles. The Balaban J connectivity index is 2.89. The zero-order valence-electron chi connectivity index (χ0n) is 4.39. The summed E-state index contributed by atoms with van der Waals surface area (Å²) in [6.45, 7) is 5.33. The largest absolute Gasteiger partial charge is 0.233 e. The third-order valence-electron chi connectivity index (χ3n) is 0.961. The lowest BCUT2D eigenvalue weighted by Crippen LogP contribution is -1.94. The van der Waals surface area contributed by atoms with Gasteiger partial charge < -0.3 is 0 Å². The Labute approximate surface area is 48.5 Å². The second kappa shape index (κ2) is 1.73. The van der Waals surface area contributed by atoms with Gasteiger partial charge in [-0.15, -0.1) is 0 Å². The lowest BCUT2D eigenvalue weighted by molar-refractivity contribution is 1.50. The van der Waals surface area contributed by atoms with Gasteiger partial charge in [0.25, 0.3) is 0 Å². The van der Waals surface area contributed by atoms with Gasteiger partial charge in [0, 0.05) is 12.7 Å². The molecule has 0 aromatic rings. The van der Waals surface area contributed by atoms with Crippen LogP contribution in [-0.2, 0) is 0 Å². The van der Waals surface area contributed by atoms with Crippen LogP contribution in [0.3, 0.4) is 0 Å². The summed E-state index contributed by atoms with van der Waals surface area (Å²) in [5, 5.41) is 7.09. The van der Waals surface area contributed by atoms with Crippen LogP contribution >= 0.6 is 0 Å². The van der Waals surface area contributed by atoms with Crippen molar-refractivity contribution in [2.45, 2.75) is 0 Å². The molecular formula is C7H6N+. The van der Waals surface area contributed by atoms with Crippen LogP contribution in [0.15, 0.2) is 29.9 Å². The zero-order chi connectivity index (χ0) is 5.98. The maximum absolute atomic E-state index is 7.09. The second-order valence-corrected chi connectivity index (χ2v) is 1.59. The molecular weight excluding hydrogens is 98.1 g/mol. The zero-order valence-corrected chi connectivity index (χ0v) is 4.39. The standard InChI is InChI=1S/C7H6N/c1-6-4-2-3-5-7(6)8/h1-5,8H/q+1. The first kappa shape index (κ1) is 4.95. The second-order valence-electron chi connectivity index (χ2n) is 1.59. The summed E-state index contributed by atoms with van der Waals surface area (Å²) in [7, 11) is 0. The molecule has 1 nitrogen and oxygen atoms in total. The average Bonchev–Trinajstić information content (AvgIpc) is 1.77. The molecule has 0 aromatic heterocycles. The van der Waals surface area contributed by atoms with Gasteiger partial charge in [0.05, 0.1) is 6.08 Å². The molecule has 1 rings (SSSR count).